The quantitative estimate of drug-likeness (QED) is 0.857. The van der Waals surface area contributed by atoms with Crippen LogP contribution in [-0.4, -0.2) is 6.36 Å². The van der Waals surface area contributed by atoms with Gasteiger partial charge in [-0.05, 0) is 42.5 Å². The van der Waals surface area contributed by atoms with Gasteiger partial charge in [-0.1, -0.05) is 0 Å². The van der Waals surface area contributed by atoms with Gasteiger partial charge in [-0.15, -0.1) is 13.2 Å². The summed E-state index contributed by atoms with van der Waals surface area (Å²) in [5.41, 5.74) is 0.735. The van der Waals surface area contributed by atoms with Crippen LogP contribution in [0.5, 0.6) is 5.75 Å². The molecule has 0 spiro atoms. The topological polar surface area (TPSA) is 45.0 Å². The summed E-state index contributed by atoms with van der Waals surface area (Å²) in [5, 5.41) is 11.4. The van der Waals surface area contributed by atoms with E-state index >= 15 is 0 Å². The summed E-state index contributed by atoms with van der Waals surface area (Å²) >= 11 is 0. The fourth-order valence-electron chi connectivity index (χ4n) is 1.59. The molecule has 0 atom stereocenters. The molecule has 108 valence electrons. The first-order valence-corrected chi connectivity index (χ1v) is 5.70. The normalized spacial score (nSPS) is 10.8. The molecular formula is C14H8F4N2O. The zero-order valence-electron chi connectivity index (χ0n) is 10.4. The minimum atomic E-state index is -4.74. The molecular weight excluding hydrogens is 288 g/mol. The number of nitriles is 1. The van der Waals surface area contributed by atoms with Gasteiger partial charge in [-0.3, -0.25) is 0 Å². The molecule has 0 bridgehead atoms. The van der Waals surface area contributed by atoms with Crippen LogP contribution >= 0.6 is 0 Å². The number of ether oxygens (including phenoxy) is 1. The predicted molar refractivity (Wildman–Crippen MR) is 67.5 cm³/mol. The first-order valence-electron chi connectivity index (χ1n) is 5.70. The van der Waals surface area contributed by atoms with Crippen molar-refractivity contribution >= 4 is 11.4 Å². The average Bonchev–Trinajstić information content (AvgIpc) is 2.40. The molecule has 0 aliphatic carbocycles. The van der Waals surface area contributed by atoms with Crippen molar-refractivity contribution in [1.82, 2.24) is 0 Å². The zero-order chi connectivity index (χ0) is 15.5. The van der Waals surface area contributed by atoms with E-state index in [2.05, 4.69) is 10.1 Å². The van der Waals surface area contributed by atoms with Gasteiger partial charge in [0.2, 0.25) is 0 Å². The van der Waals surface area contributed by atoms with E-state index < -0.39 is 12.2 Å². The van der Waals surface area contributed by atoms with Crippen molar-refractivity contribution in [1.29, 1.82) is 5.26 Å². The predicted octanol–water partition coefficient (Wildman–Crippen LogP) is 4.34. The van der Waals surface area contributed by atoms with Gasteiger partial charge in [0.1, 0.15) is 17.6 Å². The molecule has 0 saturated heterocycles. The molecule has 2 rings (SSSR count). The van der Waals surface area contributed by atoms with E-state index in [0.717, 1.165) is 18.2 Å². The van der Waals surface area contributed by atoms with Crippen LogP contribution < -0.4 is 10.1 Å². The Balaban J connectivity index is 2.10. The third-order valence-corrected chi connectivity index (χ3v) is 2.47. The molecule has 1 N–H and O–H groups in total. The van der Waals surface area contributed by atoms with Crippen LogP contribution in [0.3, 0.4) is 0 Å². The van der Waals surface area contributed by atoms with Crippen LogP contribution in [0, 0.1) is 17.1 Å². The highest BCUT2D eigenvalue weighted by atomic mass is 19.4. The van der Waals surface area contributed by atoms with Gasteiger partial charge in [0, 0.05) is 11.4 Å². The number of hydrogen-bond acceptors (Lipinski definition) is 3. The van der Waals surface area contributed by atoms with E-state index in [4.69, 9.17) is 5.26 Å². The molecule has 21 heavy (non-hydrogen) atoms. The molecule has 0 heterocycles. The Hall–Kier alpha value is -2.75. The lowest BCUT2D eigenvalue weighted by Gasteiger charge is -2.10. The second-order valence-corrected chi connectivity index (χ2v) is 4.00. The number of rotatable bonds is 3. The molecule has 0 fully saturated rings. The summed E-state index contributed by atoms with van der Waals surface area (Å²) in [6.45, 7) is 0. The molecule has 0 unspecified atom stereocenters. The van der Waals surface area contributed by atoms with Gasteiger partial charge in [0.05, 0.1) is 5.56 Å². The summed E-state index contributed by atoms with van der Waals surface area (Å²) in [5.74, 6) is -1.03. The molecule has 7 heteroatoms. The molecule has 0 radical (unpaired) electrons. The summed E-state index contributed by atoms with van der Waals surface area (Å²) in [7, 11) is 0. The third kappa shape index (κ3) is 4.11. The Kier molecular flexibility index (Phi) is 3.98. The van der Waals surface area contributed by atoms with Crippen molar-refractivity contribution in [3.8, 4) is 11.8 Å². The molecule has 2 aromatic rings. The van der Waals surface area contributed by atoms with Crippen LogP contribution in [0.1, 0.15) is 5.56 Å². The minimum absolute atomic E-state index is 0.0884. The Bertz CT molecular complexity index is 675. The highest BCUT2D eigenvalue weighted by Gasteiger charge is 2.30. The Morgan fingerprint density at radius 3 is 2.14 bits per heavy atom. The Labute approximate surface area is 117 Å². The van der Waals surface area contributed by atoms with Gasteiger partial charge in [-0.25, -0.2) is 4.39 Å². The monoisotopic (exact) mass is 296 g/mol. The lowest BCUT2D eigenvalue weighted by Crippen LogP contribution is -2.16. The van der Waals surface area contributed by atoms with Gasteiger partial charge < -0.3 is 10.1 Å². The van der Waals surface area contributed by atoms with Crippen LogP contribution in [0.25, 0.3) is 0 Å². The van der Waals surface area contributed by atoms with Crippen LogP contribution in [0.15, 0.2) is 42.5 Å². The highest BCUT2D eigenvalue weighted by molar-refractivity contribution is 5.61. The second kappa shape index (κ2) is 5.71. The average molecular weight is 296 g/mol. The van der Waals surface area contributed by atoms with Crippen molar-refractivity contribution < 1.29 is 22.3 Å². The SMILES string of the molecule is N#Cc1ccc(Nc2ccc(OC(F)(F)F)cc2)cc1F. The van der Waals surface area contributed by atoms with Gasteiger partial charge in [-0.2, -0.15) is 5.26 Å². The number of nitrogens with zero attached hydrogens (tertiary/aromatic N) is 1. The first-order chi connectivity index (χ1) is 9.87. The standard InChI is InChI=1S/C14H8F4N2O/c15-13-7-11(2-1-9(13)8-19)20-10-3-5-12(6-4-10)21-14(16,17)18/h1-7,20H. The second-order valence-electron chi connectivity index (χ2n) is 4.00. The summed E-state index contributed by atoms with van der Waals surface area (Å²) in [4.78, 5) is 0. The van der Waals surface area contributed by atoms with Gasteiger partial charge >= 0.3 is 6.36 Å². The van der Waals surface area contributed by atoms with Crippen molar-refractivity contribution in [2.24, 2.45) is 0 Å². The summed E-state index contributed by atoms with van der Waals surface area (Å²) in [6, 6.07) is 10.6. The Morgan fingerprint density at radius 1 is 1.00 bits per heavy atom. The van der Waals surface area contributed by atoms with Crippen LogP contribution in [0.4, 0.5) is 28.9 Å². The van der Waals surface area contributed by atoms with Crippen molar-refractivity contribution in [2.75, 3.05) is 5.32 Å². The number of benzene rings is 2. The molecule has 2 aromatic carbocycles. The number of anilines is 2. The summed E-state index contributed by atoms with van der Waals surface area (Å²) in [6.07, 6.45) is -4.74. The van der Waals surface area contributed by atoms with Gasteiger partial charge in [0.25, 0.3) is 0 Å². The van der Waals surface area contributed by atoms with E-state index in [1.165, 1.54) is 24.3 Å². The molecule has 0 saturated carbocycles. The number of hydrogen-bond donors (Lipinski definition) is 1. The number of alkyl halides is 3. The Morgan fingerprint density at radius 2 is 1.62 bits per heavy atom. The van der Waals surface area contributed by atoms with Crippen molar-refractivity contribution in [3.05, 3.63) is 53.8 Å². The molecule has 0 aromatic heterocycles. The molecule has 3 nitrogen and oxygen atoms in total. The fourth-order valence-corrected chi connectivity index (χ4v) is 1.59. The first kappa shape index (κ1) is 14.7. The van der Waals surface area contributed by atoms with Crippen LogP contribution in [-0.2, 0) is 0 Å². The molecule has 0 amide bonds. The highest BCUT2D eigenvalue weighted by Crippen LogP contribution is 2.25. The van der Waals surface area contributed by atoms with Gasteiger partial charge in [0.15, 0.2) is 0 Å². The summed E-state index contributed by atoms with van der Waals surface area (Å²) < 4.78 is 53.1. The third-order valence-electron chi connectivity index (χ3n) is 2.47. The zero-order valence-corrected chi connectivity index (χ0v) is 10.4. The lowest BCUT2D eigenvalue weighted by atomic mass is 10.2. The molecule has 0 aliphatic rings. The maximum Gasteiger partial charge on any atom is 0.573 e. The maximum absolute atomic E-state index is 13.4. The largest absolute Gasteiger partial charge is 0.573 e. The minimum Gasteiger partial charge on any atom is -0.406 e. The van der Waals surface area contributed by atoms with E-state index in [0.29, 0.717) is 11.4 Å². The van der Waals surface area contributed by atoms with E-state index in [1.54, 1.807) is 6.07 Å². The van der Waals surface area contributed by atoms with E-state index in [-0.39, 0.29) is 11.3 Å². The van der Waals surface area contributed by atoms with Crippen molar-refractivity contribution in [3.63, 3.8) is 0 Å². The maximum atomic E-state index is 13.4. The molecule has 0 aliphatic heterocycles. The fraction of sp³-hybridized carbons (Fsp3) is 0.0714. The van der Waals surface area contributed by atoms with Crippen LogP contribution in [0.2, 0.25) is 0 Å². The lowest BCUT2D eigenvalue weighted by molar-refractivity contribution is -0.274. The number of halogens is 4. The van der Waals surface area contributed by atoms with E-state index in [9.17, 15) is 17.6 Å². The smallest absolute Gasteiger partial charge is 0.406 e. The number of nitrogens with one attached hydrogen (secondary N) is 1. The van der Waals surface area contributed by atoms with E-state index in [1.807, 2.05) is 0 Å². The van der Waals surface area contributed by atoms with Crippen molar-refractivity contribution in [2.45, 2.75) is 6.36 Å².